The average molecular weight is 305 g/mol. The summed E-state index contributed by atoms with van der Waals surface area (Å²) in [5.74, 6) is 1.23. The molecule has 0 fully saturated rings. The second kappa shape index (κ2) is 5.88. The third-order valence-electron chi connectivity index (χ3n) is 4.59. The molecular formula is C19H19N3O. The maximum Gasteiger partial charge on any atom is 0.260 e. The van der Waals surface area contributed by atoms with Crippen molar-refractivity contribution in [3.8, 4) is 0 Å². The van der Waals surface area contributed by atoms with E-state index in [9.17, 15) is 4.79 Å². The predicted octanol–water partition coefficient (Wildman–Crippen LogP) is 3.14. The van der Waals surface area contributed by atoms with Gasteiger partial charge in [0.1, 0.15) is 0 Å². The van der Waals surface area contributed by atoms with Crippen LogP contribution in [0, 0.1) is 5.92 Å². The molecule has 0 amide bonds. The van der Waals surface area contributed by atoms with E-state index in [2.05, 4.69) is 39.6 Å². The van der Waals surface area contributed by atoms with Crippen LogP contribution in [0.15, 0.2) is 53.3 Å². The number of H-pyrrole nitrogens is 1. The summed E-state index contributed by atoms with van der Waals surface area (Å²) in [6, 6.07) is 16.1. The Morgan fingerprint density at radius 1 is 1.04 bits per heavy atom. The molecule has 4 rings (SSSR count). The van der Waals surface area contributed by atoms with Crippen molar-refractivity contribution >= 4 is 16.9 Å². The van der Waals surface area contributed by atoms with Gasteiger partial charge >= 0.3 is 0 Å². The van der Waals surface area contributed by atoms with E-state index in [0.29, 0.717) is 17.3 Å². The van der Waals surface area contributed by atoms with E-state index in [1.807, 2.05) is 18.2 Å². The first-order chi connectivity index (χ1) is 11.3. The molecule has 0 radical (unpaired) electrons. The topological polar surface area (TPSA) is 57.8 Å². The molecule has 1 aliphatic carbocycles. The van der Waals surface area contributed by atoms with Crippen LogP contribution in [0.4, 0.5) is 5.95 Å². The number of nitrogens with one attached hydrogen (secondary N) is 2. The fourth-order valence-corrected chi connectivity index (χ4v) is 3.42. The minimum absolute atomic E-state index is 0.0913. The number of benzene rings is 2. The van der Waals surface area contributed by atoms with Gasteiger partial charge < -0.3 is 5.32 Å². The minimum atomic E-state index is -0.0913. The lowest BCUT2D eigenvalue weighted by atomic mass is 10.0. The molecular weight excluding hydrogens is 286 g/mol. The van der Waals surface area contributed by atoms with E-state index in [1.165, 1.54) is 11.1 Å². The molecule has 1 aliphatic rings. The first-order valence-corrected chi connectivity index (χ1v) is 8.09. The zero-order valence-electron chi connectivity index (χ0n) is 12.9. The summed E-state index contributed by atoms with van der Waals surface area (Å²) in [5.41, 5.74) is 3.60. The van der Waals surface area contributed by atoms with Gasteiger partial charge in [-0.05, 0) is 48.4 Å². The van der Waals surface area contributed by atoms with Crippen LogP contribution in [0.2, 0.25) is 0 Å². The fourth-order valence-electron chi connectivity index (χ4n) is 3.42. The molecule has 0 unspecified atom stereocenters. The van der Waals surface area contributed by atoms with Crippen LogP contribution in [0.1, 0.15) is 17.5 Å². The summed E-state index contributed by atoms with van der Waals surface area (Å²) in [4.78, 5) is 19.3. The summed E-state index contributed by atoms with van der Waals surface area (Å²) in [6.07, 6.45) is 3.38. The molecule has 0 saturated carbocycles. The molecule has 4 nitrogen and oxygen atoms in total. The van der Waals surface area contributed by atoms with Gasteiger partial charge in [0.25, 0.3) is 5.56 Å². The first kappa shape index (κ1) is 14.0. The highest BCUT2D eigenvalue weighted by atomic mass is 16.1. The number of nitrogens with zero attached hydrogens (tertiary/aromatic N) is 1. The van der Waals surface area contributed by atoms with E-state index < -0.39 is 0 Å². The first-order valence-electron chi connectivity index (χ1n) is 8.09. The smallest absolute Gasteiger partial charge is 0.260 e. The third-order valence-corrected chi connectivity index (χ3v) is 4.59. The molecule has 3 aromatic rings. The lowest BCUT2D eigenvalue weighted by Gasteiger charge is -2.10. The number of hydrogen-bond donors (Lipinski definition) is 2. The van der Waals surface area contributed by atoms with Gasteiger partial charge in [-0.1, -0.05) is 36.4 Å². The van der Waals surface area contributed by atoms with E-state index in [0.717, 1.165) is 31.3 Å². The highest BCUT2D eigenvalue weighted by molar-refractivity contribution is 5.78. The van der Waals surface area contributed by atoms with Crippen LogP contribution in [-0.4, -0.2) is 16.5 Å². The highest BCUT2D eigenvalue weighted by Crippen LogP contribution is 2.28. The molecule has 0 spiro atoms. The normalized spacial score (nSPS) is 14.1. The van der Waals surface area contributed by atoms with E-state index in [4.69, 9.17) is 0 Å². The summed E-state index contributed by atoms with van der Waals surface area (Å²) < 4.78 is 0. The standard InChI is InChI=1S/C19H19N3O/c23-18-16-7-3-4-8-17(16)21-19(22-18)20-10-9-13-11-14-5-1-2-6-15(14)12-13/h1-8,13H,9-12H2,(H2,20,21,22,23). The Hall–Kier alpha value is -2.62. The number of anilines is 1. The van der Waals surface area contributed by atoms with E-state index in [-0.39, 0.29) is 5.56 Å². The second-order valence-electron chi connectivity index (χ2n) is 6.19. The van der Waals surface area contributed by atoms with Crippen molar-refractivity contribution in [2.45, 2.75) is 19.3 Å². The molecule has 0 atom stereocenters. The maximum absolute atomic E-state index is 12.0. The van der Waals surface area contributed by atoms with E-state index >= 15 is 0 Å². The van der Waals surface area contributed by atoms with Gasteiger partial charge in [-0.25, -0.2) is 4.98 Å². The molecule has 0 aliphatic heterocycles. The molecule has 1 aromatic heterocycles. The van der Waals surface area contributed by atoms with Crippen LogP contribution in [-0.2, 0) is 12.8 Å². The molecule has 2 N–H and O–H groups in total. The van der Waals surface area contributed by atoms with Crippen LogP contribution in [0.5, 0.6) is 0 Å². The van der Waals surface area contributed by atoms with Crippen LogP contribution < -0.4 is 10.9 Å². The molecule has 0 bridgehead atoms. The van der Waals surface area contributed by atoms with Crippen molar-refractivity contribution in [3.05, 3.63) is 70.0 Å². The molecule has 2 aromatic carbocycles. The van der Waals surface area contributed by atoms with Crippen molar-refractivity contribution in [2.75, 3.05) is 11.9 Å². The van der Waals surface area contributed by atoms with Crippen LogP contribution >= 0.6 is 0 Å². The molecule has 0 saturated heterocycles. The summed E-state index contributed by atoms with van der Waals surface area (Å²) in [7, 11) is 0. The predicted molar refractivity (Wildman–Crippen MR) is 92.8 cm³/mol. The van der Waals surface area contributed by atoms with Crippen molar-refractivity contribution in [3.63, 3.8) is 0 Å². The zero-order chi connectivity index (χ0) is 15.6. The van der Waals surface area contributed by atoms with E-state index in [1.54, 1.807) is 6.07 Å². The van der Waals surface area contributed by atoms with Gasteiger partial charge in [0.2, 0.25) is 5.95 Å². The Kier molecular flexibility index (Phi) is 3.58. The molecule has 1 heterocycles. The van der Waals surface area contributed by atoms with Gasteiger partial charge in [-0.2, -0.15) is 0 Å². The molecule has 23 heavy (non-hydrogen) atoms. The maximum atomic E-state index is 12.0. The Bertz CT molecular complexity index is 875. The second-order valence-corrected chi connectivity index (χ2v) is 6.19. The van der Waals surface area contributed by atoms with Crippen molar-refractivity contribution in [2.24, 2.45) is 5.92 Å². The molecule has 116 valence electrons. The number of aromatic nitrogens is 2. The van der Waals surface area contributed by atoms with Crippen molar-refractivity contribution in [1.82, 2.24) is 9.97 Å². The average Bonchev–Trinajstić information content (AvgIpc) is 2.98. The summed E-state index contributed by atoms with van der Waals surface area (Å²) in [5, 5.41) is 3.89. The highest BCUT2D eigenvalue weighted by Gasteiger charge is 2.20. The minimum Gasteiger partial charge on any atom is -0.356 e. The number of rotatable bonds is 4. The lowest BCUT2D eigenvalue weighted by Crippen LogP contribution is -2.15. The van der Waals surface area contributed by atoms with Gasteiger partial charge in [0.15, 0.2) is 0 Å². The monoisotopic (exact) mass is 305 g/mol. The Labute approximate surface area is 134 Å². The SMILES string of the molecule is O=c1[nH]c(NCCC2Cc3ccccc3C2)nc2ccccc12. The summed E-state index contributed by atoms with van der Waals surface area (Å²) in [6.45, 7) is 0.819. The quantitative estimate of drug-likeness (QED) is 0.778. The van der Waals surface area contributed by atoms with Gasteiger partial charge in [0, 0.05) is 6.54 Å². The van der Waals surface area contributed by atoms with Crippen LogP contribution in [0.25, 0.3) is 10.9 Å². The number of aromatic amines is 1. The lowest BCUT2D eigenvalue weighted by molar-refractivity contribution is 0.529. The Morgan fingerprint density at radius 2 is 1.74 bits per heavy atom. The van der Waals surface area contributed by atoms with Gasteiger partial charge in [-0.3, -0.25) is 9.78 Å². The molecule has 4 heteroatoms. The van der Waals surface area contributed by atoms with Crippen LogP contribution in [0.3, 0.4) is 0 Å². The number of hydrogen-bond acceptors (Lipinski definition) is 3. The summed E-state index contributed by atoms with van der Waals surface area (Å²) >= 11 is 0. The Morgan fingerprint density at radius 3 is 2.52 bits per heavy atom. The van der Waals surface area contributed by atoms with Gasteiger partial charge in [-0.15, -0.1) is 0 Å². The van der Waals surface area contributed by atoms with Crippen molar-refractivity contribution in [1.29, 1.82) is 0 Å². The largest absolute Gasteiger partial charge is 0.356 e. The fraction of sp³-hybridized carbons (Fsp3) is 0.263. The van der Waals surface area contributed by atoms with Gasteiger partial charge in [0.05, 0.1) is 10.9 Å². The Balaban J connectivity index is 1.40. The number of para-hydroxylation sites is 1. The van der Waals surface area contributed by atoms with Crippen molar-refractivity contribution < 1.29 is 0 Å². The zero-order valence-corrected chi connectivity index (χ0v) is 12.9. The number of fused-ring (bicyclic) bond motifs is 2. The third kappa shape index (κ3) is 2.84.